The SMILES string of the molecule is Cc1cc2c3c(c1)N(c1cc(-c4ccccc4)cc(-c4ccccc4)c1)c1cc(C4CCCCC4)ccc1B3c1ccc(C3CCCCC3)cc1N2c1cc(-c2ccccc2)cc(-c2ccccc2)c1. The highest BCUT2D eigenvalue weighted by Gasteiger charge is 2.44. The smallest absolute Gasteiger partial charge is 0.252 e. The quantitative estimate of drug-likeness (QED) is 0.140. The lowest BCUT2D eigenvalue weighted by Crippen LogP contribution is -2.61. The lowest BCUT2D eigenvalue weighted by atomic mass is 9.33. The van der Waals surface area contributed by atoms with Crippen LogP contribution in [0.2, 0.25) is 0 Å². The molecule has 0 atom stereocenters. The normalized spacial score (nSPS) is 15.6. The van der Waals surface area contributed by atoms with E-state index in [1.54, 1.807) is 0 Å². The van der Waals surface area contributed by atoms with Gasteiger partial charge in [0.2, 0.25) is 0 Å². The monoisotopic (exact) mass is 902 g/mol. The minimum Gasteiger partial charge on any atom is -0.311 e. The predicted octanol–water partition coefficient (Wildman–Crippen LogP) is 16.8. The van der Waals surface area contributed by atoms with Crippen LogP contribution in [-0.4, -0.2) is 6.71 Å². The van der Waals surface area contributed by atoms with Crippen LogP contribution in [0.5, 0.6) is 0 Å². The minimum atomic E-state index is 0.0562. The largest absolute Gasteiger partial charge is 0.311 e. The van der Waals surface area contributed by atoms with Crippen molar-refractivity contribution in [1.82, 2.24) is 0 Å². The Morgan fingerprint density at radius 2 is 0.671 bits per heavy atom. The van der Waals surface area contributed by atoms with Crippen molar-refractivity contribution in [3.8, 4) is 44.5 Å². The van der Waals surface area contributed by atoms with Crippen molar-refractivity contribution in [3.05, 3.63) is 223 Å². The summed E-state index contributed by atoms with van der Waals surface area (Å²) in [5, 5.41) is 0. The highest BCUT2D eigenvalue weighted by molar-refractivity contribution is 7.00. The molecular formula is C67H59BN2. The maximum atomic E-state index is 2.66. The molecule has 0 spiro atoms. The highest BCUT2D eigenvalue weighted by atomic mass is 15.2. The summed E-state index contributed by atoms with van der Waals surface area (Å²) >= 11 is 0. The van der Waals surface area contributed by atoms with Gasteiger partial charge in [-0.05, 0) is 183 Å². The molecule has 2 heterocycles. The molecule has 0 radical (unpaired) electrons. The molecule has 2 fully saturated rings. The molecule has 4 aliphatic rings. The Kier molecular flexibility index (Phi) is 11.1. The maximum Gasteiger partial charge on any atom is 0.252 e. The number of hydrogen-bond acceptors (Lipinski definition) is 2. The van der Waals surface area contributed by atoms with Crippen molar-refractivity contribution in [2.45, 2.75) is 83.0 Å². The van der Waals surface area contributed by atoms with Gasteiger partial charge in [0.25, 0.3) is 6.71 Å². The Bertz CT molecular complexity index is 3010. The molecule has 0 bridgehead atoms. The number of nitrogens with zero attached hydrogens (tertiary/aromatic N) is 2. The van der Waals surface area contributed by atoms with Gasteiger partial charge in [0, 0.05) is 34.1 Å². The number of rotatable bonds is 8. The average molecular weight is 903 g/mol. The molecule has 340 valence electrons. The van der Waals surface area contributed by atoms with Crippen molar-refractivity contribution in [2.24, 2.45) is 0 Å². The first-order valence-corrected chi connectivity index (χ1v) is 26.2. The van der Waals surface area contributed by atoms with Gasteiger partial charge in [0.15, 0.2) is 0 Å². The Labute approximate surface area is 415 Å². The number of aryl methyl sites for hydroxylation is 1. The van der Waals surface area contributed by atoms with Crippen LogP contribution in [0.1, 0.15) is 92.7 Å². The Morgan fingerprint density at radius 1 is 0.329 bits per heavy atom. The first-order chi connectivity index (χ1) is 34.6. The maximum absolute atomic E-state index is 2.66. The molecule has 70 heavy (non-hydrogen) atoms. The molecule has 0 amide bonds. The third-order valence-corrected chi connectivity index (χ3v) is 16.2. The molecular weight excluding hydrogens is 844 g/mol. The molecule has 0 aromatic heterocycles. The summed E-state index contributed by atoms with van der Waals surface area (Å²) in [7, 11) is 0. The highest BCUT2D eigenvalue weighted by Crippen LogP contribution is 2.49. The van der Waals surface area contributed by atoms with Gasteiger partial charge in [-0.15, -0.1) is 0 Å². The predicted molar refractivity (Wildman–Crippen MR) is 299 cm³/mol. The van der Waals surface area contributed by atoms with E-state index in [1.165, 1.54) is 176 Å². The standard InChI is InChI=1S/C67H59BN2/c1-46-36-65-67-66(37-46)70(60-42-57(51-28-16-6-17-29-51)39-58(43-60)52-30-18-7-19-31-52)64-45-54(48-22-10-3-11-23-48)33-35-62(64)68(67)61-34-32-53(47-20-8-2-9-21-47)44-63(61)69(65)59-40-55(49-24-12-4-13-25-49)38-56(41-59)50-26-14-5-15-27-50/h4-7,12-19,24-45,47-48H,2-3,8-11,20-23H2,1H3. The zero-order valence-electron chi connectivity index (χ0n) is 40.3. The Morgan fingerprint density at radius 3 is 1.01 bits per heavy atom. The molecule has 0 saturated heterocycles. The van der Waals surface area contributed by atoms with Crippen LogP contribution in [0, 0.1) is 6.92 Å². The fourth-order valence-electron chi connectivity index (χ4n) is 12.8. The first-order valence-electron chi connectivity index (χ1n) is 26.2. The van der Waals surface area contributed by atoms with Gasteiger partial charge in [0.05, 0.1) is 0 Å². The number of hydrogen-bond donors (Lipinski definition) is 0. The van der Waals surface area contributed by atoms with E-state index in [2.05, 4.69) is 223 Å². The fourth-order valence-corrected chi connectivity index (χ4v) is 12.8. The topological polar surface area (TPSA) is 6.48 Å². The molecule has 9 aromatic rings. The van der Waals surface area contributed by atoms with Crippen LogP contribution in [0.3, 0.4) is 0 Å². The van der Waals surface area contributed by atoms with E-state index in [1.807, 2.05) is 0 Å². The second-order valence-corrected chi connectivity index (χ2v) is 20.6. The van der Waals surface area contributed by atoms with Crippen LogP contribution < -0.4 is 26.2 Å². The summed E-state index contributed by atoms with van der Waals surface area (Å²) in [5.41, 5.74) is 25.7. The van der Waals surface area contributed by atoms with E-state index < -0.39 is 0 Å². The van der Waals surface area contributed by atoms with Crippen LogP contribution in [0.15, 0.2) is 206 Å². The van der Waals surface area contributed by atoms with Gasteiger partial charge in [-0.2, -0.15) is 0 Å². The number of benzene rings is 9. The van der Waals surface area contributed by atoms with Crippen LogP contribution in [-0.2, 0) is 0 Å². The van der Waals surface area contributed by atoms with Crippen LogP contribution in [0.25, 0.3) is 44.5 Å². The van der Waals surface area contributed by atoms with Crippen molar-refractivity contribution in [1.29, 1.82) is 0 Å². The summed E-state index contributed by atoms with van der Waals surface area (Å²) in [5.74, 6) is 1.16. The molecule has 2 aliphatic heterocycles. The minimum absolute atomic E-state index is 0.0562. The molecule has 2 nitrogen and oxygen atoms in total. The van der Waals surface area contributed by atoms with E-state index in [9.17, 15) is 0 Å². The van der Waals surface area contributed by atoms with E-state index >= 15 is 0 Å². The Hall–Kier alpha value is -7.36. The molecule has 3 heteroatoms. The summed E-state index contributed by atoms with van der Waals surface area (Å²) in [4.78, 5) is 5.33. The number of fused-ring (bicyclic) bond motifs is 4. The van der Waals surface area contributed by atoms with E-state index in [4.69, 9.17) is 0 Å². The second kappa shape index (κ2) is 18.2. The fraction of sp³-hybridized carbons (Fsp3) is 0.194. The molecule has 2 saturated carbocycles. The van der Waals surface area contributed by atoms with Gasteiger partial charge in [0.1, 0.15) is 0 Å². The van der Waals surface area contributed by atoms with E-state index in [0.29, 0.717) is 11.8 Å². The molecule has 13 rings (SSSR count). The lowest BCUT2D eigenvalue weighted by Gasteiger charge is -2.45. The van der Waals surface area contributed by atoms with Crippen molar-refractivity contribution >= 4 is 57.2 Å². The molecule has 2 aliphatic carbocycles. The number of anilines is 6. The van der Waals surface area contributed by atoms with Gasteiger partial charge in [-0.1, -0.05) is 184 Å². The van der Waals surface area contributed by atoms with E-state index in [0.717, 1.165) is 0 Å². The van der Waals surface area contributed by atoms with Gasteiger partial charge in [-0.25, -0.2) is 0 Å². The molecule has 0 N–H and O–H groups in total. The Balaban J connectivity index is 1.10. The molecule has 0 unspecified atom stereocenters. The third-order valence-electron chi connectivity index (χ3n) is 16.2. The van der Waals surface area contributed by atoms with Gasteiger partial charge in [-0.3, -0.25) is 0 Å². The van der Waals surface area contributed by atoms with Gasteiger partial charge >= 0.3 is 0 Å². The van der Waals surface area contributed by atoms with Crippen LogP contribution in [0.4, 0.5) is 34.1 Å². The van der Waals surface area contributed by atoms with Crippen molar-refractivity contribution in [2.75, 3.05) is 9.80 Å². The second-order valence-electron chi connectivity index (χ2n) is 20.6. The summed E-state index contributed by atoms with van der Waals surface area (Å²) < 4.78 is 0. The summed E-state index contributed by atoms with van der Waals surface area (Å²) in [6, 6.07) is 78.8. The van der Waals surface area contributed by atoms with Crippen LogP contribution >= 0.6 is 0 Å². The summed E-state index contributed by atoms with van der Waals surface area (Å²) in [6.45, 7) is 2.37. The summed E-state index contributed by atoms with van der Waals surface area (Å²) in [6.07, 6.45) is 13.0. The van der Waals surface area contributed by atoms with Gasteiger partial charge < -0.3 is 9.80 Å². The first kappa shape index (κ1) is 42.7. The lowest BCUT2D eigenvalue weighted by molar-refractivity contribution is 0.444. The zero-order chi connectivity index (χ0) is 46.5. The zero-order valence-corrected chi connectivity index (χ0v) is 40.3. The van der Waals surface area contributed by atoms with Crippen molar-refractivity contribution < 1.29 is 0 Å². The van der Waals surface area contributed by atoms with Crippen molar-refractivity contribution in [3.63, 3.8) is 0 Å². The van der Waals surface area contributed by atoms with E-state index in [-0.39, 0.29) is 6.71 Å². The average Bonchev–Trinajstić information content (AvgIpc) is 3.43. The molecule has 9 aromatic carbocycles. The third kappa shape index (κ3) is 7.77.